The number of benzene rings is 1. The van der Waals surface area contributed by atoms with E-state index in [9.17, 15) is 0 Å². The van der Waals surface area contributed by atoms with Gasteiger partial charge in [-0.1, -0.05) is 18.2 Å². The molecule has 1 N–H and O–H groups in total. The van der Waals surface area contributed by atoms with Gasteiger partial charge >= 0.3 is 0 Å². The molecule has 0 saturated carbocycles. The molecule has 90 valence electrons. The van der Waals surface area contributed by atoms with Gasteiger partial charge in [-0.15, -0.1) is 0 Å². The van der Waals surface area contributed by atoms with E-state index >= 15 is 0 Å². The lowest BCUT2D eigenvalue weighted by molar-refractivity contribution is 0.193. The zero-order valence-corrected chi connectivity index (χ0v) is 10.3. The highest BCUT2D eigenvalue weighted by Crippen LogP contribution is 2.23. The number of ether oxygens (including phenoxy) is 2. The second-order valence-corrected chi connectivity index (χ2v) is 3.76. The first-order chi connectivity index (χ1) is 7.79. The molecular weight excluding hydrogens is 202 g/mol. The lowest BCUT2D eigenvalue weighted by Crippen LogP contribution is -2.21. The molecule has 0 heterocycles. The summed E-state index contributed by atoms with van der Waals surface area (Å²) in [5, 5.41) is 3.45. The molecule has 3 heteroatoms. The van der Waals surface area contributed by atoms with Crippen LogP contribution >= 0.6 is 0 Å². The summed E-state index contributed by atoms with van der Waals surface area (Å²) in [6.45, 7) is 3.89. The largest absolute Gasteiger partial charge is 0.496 e. The Labute approximate surface area is 97.8 Å². The van der Waals surface area contributed by atoms with Crippen molar-refractivity contribution in [2.75, 3.05) is 27.4 Å². The maximum absolute atomic E-state index is 5.33. The molecule has 1 atom stereocenters. The number of methoxy groups -OCH3 is 2. The van der Waals surface area contributed by atoms with Crippen molar-refractivity contribution in [2.24, 2.45) is 0 Å². The summed E-state index contributed by atoms with van der Waals surface area (Å²) in [6, 6.07) is 8.40. The van der Waals surface area contributed by atoms with Crippen molar-refractivity contribution in [3.63, 3.8) is 0 Å². The van der Waals surface area contributed by atoms with E-state index in [0.29, 0.717) is 6.04 Å². The molecule has 3 nitrogen and oxygen atoms in total. The van der Waals surface area contributed by atoms with Gasteiger partial charge in [0.2, 0.25) is 0 Å². The Morgan fingerprint density at radius 2 is 2.00 bits per heavy atom. The maximum Gasteiger partial charge on any atom is 0.123 e. The van der Waals surface area contributed by atoms with Gasteiger partial charge in [0, 0.05) is 25.3 Å². The predicted octanol–water partition coefficient (Wildman–Crippen LogP) is 2.38. The average molecular weight is 223 g/mol. The van der Waals surface area contributed by atoms with Gasteiger partial charge in [0.05, 0.1) is 7.11 Å². The molecule has 0 spiro atoms. The quantitative estimate of drug-likeness (QED) is 0.720. The van der Waals surface area contributed by atoms with Crippen molar-refractivity contribution >= 4 is 0 Å². The minimum absolute atomic E-state index is 0.299. The van der Waals surface area contributed by atoms with Gasteiger partial charge in [0.25, 0.3) is 0 Å². The van der Waals surface area contributed by atoms with Crippen molar-refractivity contribution in [1.29, 1.82) is 0 Å². The van der Waals surface area contributed by atoms with E-state index in [2.05, 4.69) is 18.3 Å². The number of rotatable bonds is 7. The summed E-state index contributed by atoms with van der Waals surface area (Å²) < 4.78 is 10.3. The Kier molecular flexibility index (Phi) is 5.90. The maximum atomic E-state index is 5.33. The van der Waals surface area contributed by atoms with Crippen molar-refractivity contribution in [3.8, 4) is 5.75 Å². The Morgan fingerprint density at radius 1 is 1.25 bits per heavy atom. The highest BCUT2D eigenvalue weighted by atomic mass is 16.5. The topological polar surface area (TPSA) is 30.5 Å². The van der Waals surface area contributed by atoms with Crippen LogP contribution in [0.3, 0.4) is 0 Å². The van der Waals surface area contributed by atoms with Crippen LogP contribution in [0, 0.1) is 0 Å². The van der Waals surface area contributed by atoms with E-state index in [1.54, 1.807) is 14.2 Å². The fourth-order valence-corrected chi connectivity index (χ4v) is 1.67. The third-order valence-electron chi connectivity index (χ3n) is 2.58. The van der Waals surface area contributed by atoms with Gasteiger partial charge in [0.1, 0.15) is 5.75 Å². The average Bonchev–Trinajstić information content (AvgIpc) is 2.34. The van der Waals surface area contributed by atoms with Crippen LogP contribution in [0.1, 0.15) is 24.9 Å². The monoisotopic (exact) mass is 223 g/mol. The highest BCUT2D eigenvalue weighted by molar-refractivity contribution is 5.35. The van der Waals surface area contributed by atoms with Crippen LogP contribution < -0.4 is 10.1 Å². The van der Waals surface area contributed by atoms with E-state index in [0.717, 1.165) is 25.3 Å². The second kappa shape index (κ2) is 7.25. The zero-order chi connectivity index (χ0) is 11.8. The molecule has 0 fully saturated rings. The van der Waals surface area contributed by atoms with Crippen LogP contribution in [0.25, 0.3) is 0 Å². The summed E-state index contributed by atoms with van der Waals surface area (Å²) >= 11 is 0. The van der Waals surface area contributed by atoms with Crippen LogP contribution in [0.4, 0.5) is 0 Å². The first-order valence-corrected chi connectivity index (χ1v) is 5.64. The van der Waals surface area contributed by atoms with Crippen LogP contribution in [-0.2, 0) is 4.74 Å². The summed E-state index contributed by atoms with van der Waals surface area (Å²) in [5.41, 5.74) is 1.20. The lowest BCUT2D eigenvalue weighted by atomic mass is 10.1. The molecule has 1 aromatic carbocycles. The normalized spacial score (nSPS) is 12.4. The Bertz CT molecular complexity index is 302. The van der Waals surface area contributed by atoms with E-state index in [-0.39, 0.29) is 0 Å². The minimum Gasteiger partial charge on any atom is -0.496 e. The van der Waals surface area contributed by atoms with Gasteiger partial charge in [-0.3, -0.25) is 0 Å². The van der Waals surface area contributed by atoms with E-state index in [4.69, 9.17) is 9.47 Å². The van der Waals surface area contributed by atoms with Crippen LogP contribution in [0.15, 0.2) is 24.3 Å². The first kappa shape index (κ1) is 13.0. The summed E-state index contributed by atoms with van der Waals surface area (Å²) in [5.74, 6) is 0.939. The third-order valence-corrected chi connectivity index (χ3v) is 2.58. The van der Waals surface area contributed by atoms with E-state index in [1.807, 2.05) is 18.2 Å². The van der Waals surface area contributed by atoms with Crippen molar-refractivity contribution in [1.82, 2.24) is 5.32 Å². The number of para-hydroxylation sites is 1. The smallest absolute Gasteiger partial charge is 0.123 e. The standard InChI is InChI=1S/C13H21NO2/c1-11(14-9-6-10-15-2)12-7-4-5-8-13(12)16-3/h4-5,7-8,11,14H,6,9-10H2,1-3H3/t11-/m1/s1. The zero-order valence-electron chi connectivity index (χ0n) is 10.3. The molecule has 0 aliphatic rings. The molecule has 0 amide bonds. The van der Waals surface area contributed by atoms with Crippen LogP contribution in [-0.4, -0.2) is 27.4 Å². The molecule has 16 heavy (non-hydrogen) atoms. The van der Waals surface area contributed by atoms with Crippen molar-refractivity contribution in [2.45, 2.75) is 19.4 Å². The third kappa shape index (κ3) is 3.83. The highest BCUT2D eigenvalue weighted by Gasteiger charge is 2.09. The van der Waals surface area contributed by atoms with E-state index < -0.39 is 0 Å². The Hall–Kier alpha value is -1.06. The number of hydrogen-bond donors (Lipinski definition) is 1. The number of nitrogens with one attached hydrogen (secondary N) is 1. The van der Waals surface area contributed by atoms with Gasteiger partial charge < -0.3 is 14.8 Å². The second-order valence-electron chi connectivity index (χ2n) is 3.76. The van der Waals surface area contributed by atoms with Gasteiger partial charge in [0.15, 0.2) is 0 Å². The van der Waals surface area contributed by atoms with Crippen molar-refractivity contribution < 1.29 is 9.47 Å². The first-order valence-electron chi connectivity index (χ1n) is 5.64. The SMILES string of the molecule is COCCCN[C@H](C)c1ccccc1OC. The molecule has 0 radical (unpaired) electrons. The fourth-order valence-electron chi connectivity index (χ4n) is 1.67. The van der Waals surface area contributed by atoms with Gasteiger partial charge in [-0.05, 0) is 26.0 Å². The lowest BCUT2D eigenvalue weighted by Gasteiger charge is -2.17. The molecular formula is C13H21NO2. The molecule has 0 unspecified atom stereocenters. The Balaban J connectivity index is 2.48. The summed E-state index contributed by atoms with van der Waals surface area (Å²) in [7, 11) is 3.43. The van der Waals surface area contributed by atoms with Crippen molar-refractivity contribution in [3.05, 3.63) is 29.8 Å². The van der Waals surface area contributed by atoms with Crippen LogP contribution in [0.2, 0.25) is 0 Å². The molecule has 0 saturated heterocycles. The molecule has 1 rings (SSSR count). The fraction of sp³-hybridized carbons (Fsp3) is 0.538. The molecule has 0 bridgehead atoms. The molecule has 1 aromatic rings. The summed E-state index contributed by atoms with van der Waals surface area (Å²) in [4.78, 5) is 0. The van der Waals surface area contributed by atoms with E-state index in [1.165, 1.54) is 5.56 Å². The number of hydrogen-bond acceptors (Lipinski definition) is 3. The molecule has 0 aliphatic heterocycles. The summed E-state index contributed by atoms with van der Waals surface area (Å²) in [6.07, 6.45) is 1.02. The predicted molar refractivity (Wildman–Crippen MR) is 65.9 cm³/mol. The van der Waals surface area contributed by atoms with Gasteiger partial charge in [-0.2, -0.15) is 0 Å². The van der Waals surface area contributed by atoms with Gasteiger partial charge in [-0.25, -0.2) is 0 Å². The minimum atomic E-state index is 0.299. The molecule has 0 aromatic heterocycles. The Morgan fingerprint density at radius 3 is 2.69 bits per heavy atom. The van der Waals surface area contributed by atoms with Crippen LogP contribution in [0.5, 0.6) is 5.75 Å². The molecule has 0 aliphatic carbocycles.